The van der Waals surface area contributed by atoms with Crippen LogP contribution in [0, 0.1) is 5.82 Å². The van der Waals surface area contributed by atoms with E-state index in [1.807, 2.05) is 16.9 Å². The van der Waals surface area contributed by atoms with Crippen molar-refractivity contribution < 1.29 is 4.39 Å². The van der Waals surface area contributed by atoms with Gasteiger partial charge in [-0.05, 0) is 25.0 Å². The Morgan fingerprint density at radius 2 is 2.00 bits per heavy atom. The Bertz CT molecular complexity index is 593. The van der Waals surface area contributed by atoms with E-state index in [0.29, 0.717) is 18.0 Å². The van der Waals surface area contributed by atoms with Gasteiger partial charge in [-0.25, -0.2) is 4.39 Å². The Morgan fingerprint density at radius 1 is 1.29 bits per heavy atom. The Balaban J connectivity index is 2.13. The number of hydrogen-bond acceptors (Lipinski definition) is 2. The van der Waals surface area contributed by atoms with Crippen molar-refractivity contribution >= 4 is 11.6 Å². The average molecular weight is 310 g/mol. The van der Waals surface area contributed by atoms with Crippen molar-refractivity contribution in [3.05, 3.63) is 52.6 Å². The lowest BCUT2D eigenvalue weighted by atomic mass is 10.0. The third-order valence-corrected chi connectivity index (χ3v) is 4.08. The average Bonchev–Trinajstić information content (AvgIpc) is 2.91. The zero-order valence-electron chi connectivity index (χ0n) is 12.4. The minimum atomic E-state index is -0.450. The molecule has 0 aliphatic heterocycles. The first kappa shape index (κ1) is 16.0. The van der Waals surface area contributed by atoms with Gasteiger partial charge in [0.05, 0.1) is 16.8 Å². The fourth-order valence-corrected chi connectivity index (χ4v) is 2.68. The molecule has 2 N–H and O–H groups in total. The molecule has 5 heteroatoms. The Labute approximate surface area is 129 Å². The number of nitrogens with zero attached hydrogens (tertiary/aromatic N) is 2. The molecule has 1 aromatic heterocycles. The Hall–Kier alpha value is -1.39. The summed E-state index contributed by atoms with van der Waals surface area (Å²) >= 11 is 5.79. The summed E-state index contributed by atoms with van der Waals surface area (Å²) in [6, 6.07) is 6.80. The predicted octanol–water partition coefficient (Wildman–Crippen LogP) is 4.28. The molecular formula is C16H21ClFN3. The Kier molecular flexibility index (Phi) is 5.37. The van der Waals surface area contributed by atoms with Crippen LogP contribution in [0.2, 0.25) is 5.02 Å². The second-order valence-corrected chi connectivity index (χ2v) is 5.62. The van der Waals surface area contributed by atoms with E-state index in [1.54, 1.807) is 12.1 Å². The SMILES string of the molecule is CCC(CC)n1ccc(CC(N)c2cccc(Cl)c2F)n1. The fourth-order valence-electron chi connectivity index (χ4n) is 2.49. The van der Waals surface area contributed by atoms with Crippen molar-refractivity contribution in [2.45, 2.75) is 45.2 Å². The summed E-state index contributed by atoms with van der Waals surface area (Å²) in [4.78, 5) is 0. The molecule has 1 heterocycles. The topological polar surface area (TPSA) is 43.8 Å². The van der Waals surface area contributed by atoms with E-state index in [2.05, 4.69) is 18.9 Å². The normalized spacial score (nSPS) is 12.9. The second-order valence-electron chi connectivity index (χ2n) is 5.21. The molecule has 0 spiro atoms. The number of nitrogens with two attached hydrogens (primary N) is 1. The lowest BCUT2D eigenvalue weighted by molar-refractivity contribution is 0.424. The molecule has 1 atom stereocenters. The van der Waals surface area contributed by atoms with Gasteiger partial charge in [-0.3, -0.25) is 4.68 Å². The predicted molar refractivity (Wildman–Crippen MR) is 83.9 cm³/mol. The van der Waals surface area contributed by atoms with E-state index in [4.69, 9.17) is 17.3 Å². The first-order valence-corrected chi connectivity index (χ1v) is 7.68. The molecule has 2 rings (SSSR count). The van der Waals surface area contributed by atoms with Gasteiger partial charge in [0.15, 0.2) is 0 Å². The molecule has 0 fully saturated rings. The lowest BCUT2D eigenvalue weighted by Crippen LogP contribution is -2.16. The molecule has 1 unspecified atom stereocenters. The zero-order chi connectivity index (χ0) is 15.4. The summed E-state index contributed by atoms with van der Waals surface area (Å²) in [7, 11) is 0. The summed E-state index contributed by atoms with van der Waals surface area (Å²) < 4.78 is 15.9. The standard InChI is InChI=1S/C16H21ClFN3/c1-3-12(4-2)21-9-8-11(20-21)10-15(19)13-6-5-7-14(17)16(13)18/h5-9,12,15H,3-4,10,19H2,1-2H3. The van der Waals surface area contributed by atoms with Gasteiger partial charge >= 0.3 is 0 Å². The first-order valence-electron chi connectivity index (χ1n) is 7.30. The molecule has 21 heavy (non-hydrogen) atoms. The van der Waals surface area contributed by atoms with E-state index in [9.17, 15) is 4.39 Å². The van der Waals surface area contributed by atoms with Crippen molar-refractivity contribution in [2.75, 3.05) is 0 Å². The maximum absolute atomic E-state index is 14.0. The maximum atomic E-state index is 14.0. The minimum absolute atomic E-state index is 0.102. The van der Waals surface area contributed by atoms with Gasteiger partial charge in [-0.2, -0.15) is 5.10 Å². The van der Waals surface area contributed by atoms with Crippen LogP contribution in [0.15, 0.2) is 30.5 Å². The summed E-state index contributed by atoms with van der Waals surface area (Å²) in [6.07, 6.45) is 4.53. The van der Waals surface area contributed by atoms with Crippen LogP contribution in [0.25, 0.3) is 0 Å². The third-order valence-electron chi connectivity index (χ3n) is 3.79. The Morgan fingerprint density at radius 3 is 2.67 bits per heavy atom. The smallest absolute Gasteiger partial charge is 0.146 e. The van der Waals surface area contributed by atoms with Crippen LogP contribution in [0.3, 0.4) is 0 Å². The van der Waals surface area contributed by atoms with E-state index < -0.39 is 11.9 Å². The number of aromatic nitrogens is 2. The highest BCUT2D eigenvalue weighted by Gasteiger charge is 2.16. The largest absolute Gasteiger partial charge is 0.324 e. The minimum Gasteiger partial charge on any atom is -0.324 e. The number of rotatable bonds is 6. The maximum Gasteiger partial charge on any atom is 0.146 e. The highest BCUT2D eigenvalue weighted by atomic mass is 35.5. The molecule has 0 radical (unpaired) electrons. The van der Waals surface area contributed by atoms with Crippen LogP contribution in [0.1, 0.15) is 50.0 Å². The molecule has 2 aromatic rings. The highest BCUT2D eigenvalue weighted by molar-refractivity contribution is 6.30. The molecule has 0 aliphatic rings. The van der Waals surface area contributed by atoms with Crippen LogP contribution in [-0.2, 0) is 6.42 Å². The molecule has 114 valence electrons. The van der Waals surface area contributed by atoms with Crippen molar-refractivity contribution in [1.29, 1.82) is 0 Å². The number of benzene rings is 1. The second kappa shape index (κ2) is 7.05. The van der Waals surface area contributed by atoms with Crippen LogP contribution in [0.5, 0.6) is 0 Å². The number of hydrogen-bond donors (Lipinski definition) is 1. The molecule has 1 aromatic carbocycles. The summed E-state index contributed by atoms with van der Waals surface area (Å²) in [5, 5.41) is 4.65. The van der Waals surface area contributed by atoms with Crippen molar-refractivity contribution in [1.82, 2.24) is 9.78 Å². The van der Waals surface area contributed by atoms with Gasteiger partial charge < -0.3 is 5.73 Å². The van der Waals surface area contributed by atoms with Crippen LogP contribution >= 0.6 is 11.6 Å². The summed E-state index contributed by atoms with van der Waals surface area (Å²) in [5.41, 5.74) is 7.40. The zero-order valence-corrected chi connectivity index (χ0v) is 13.1. The van der Waals surface area contributed by atoms with E-state index in [-0.39, 0.29) is 5.02 Å². The van der Waals surface area contributed by atoms with E-state index >= 15 is 0 Å². The van der Waals surface area contributed by atoms with Crippen LogP contribution in [0.4, 0.5) is 4.39 Å². The fraction of sp³-hybridized carbons (Fsp3) is 0.438. The molecule has 0 bridgehead atoms. The van der Waals surface area contributed by atoms with Gasteiger partial charge in [0.2, 0.25) is 0 Å². The van der Waals surface area contributed by atoms with Gasteiger partial charge in [0.25, 0.3) is 0 Å². The molecule has 0 saturated heterocycles. The van der Waals surface area contributed by atoms with Crippen molar-refractivity contribution in [3.8, 4) is 0 Å². The van der Waals surface area contributed by atoms with Crippen molar-refractivity contribution in [2.24, 2.45) is 5.73 Å². The van der Waals surface area contributed by atoms with E-state index in [1.165, 1.54) is 6.07 Å². The molecule has 0 saturated carbocycles. The molecule has 3 nitrogen and oxygen atoms in total. The number of halogens is 2. The van der Waals surface area contributed by atoms with Gasteiger partial charge in [-0.15, -0.1) is 0 Å². The third kappa shape index (κ3) is 3.63. The lowest BCUT2D eigenvalue weighted by Gasteiger charge is -2.14. The van der Waals surface area contributed by atoms with Crippen LogP contribution in [-0.4, -0.2) is 9.78 Å². The van der Waals surface area contributed by atoms with Crippen LogP contribution < -0.4 is 5.73 Å². The molecule has 0 aliphatic carbocycles. The highest BCUT2D eigenvalue weighted by Crippen LogP contribution is 2.24. The summed E-state index contributed by atoms with van der Waals surface area (Å²) in [5.74, 6) is -0.439. The van der Waals surface area contributed by atoms with E-state index in [0.717, 1.165) is 18.5 Å². The van der Waals surface area contributed by atoms with Crippen molar-refractivity contribution in [3.63, 3.8) is 0 Å². The van der Waals surface area contributed by atoms with Gasteiger partial charge in [0.1, 0.15) is 5.82 Å². The van der Waals surface area contributed by atoms with Gasteiger partial charge in [0, 0.05) is 24.2 Å². The van der Waals surface area contributed by atoms with Gasteiger partial charge in [-0.1, -0.05) is 37.6 Å². The molecule has 0 amide bonds. The monoisotopic (exact) mass is 309 g/mol. The summed E-state index contributed by atoms with van der Waals surface area (Å²) in [6.45, 7) is 4.28. The molecular weight excluding hydrogens is 289 g/mol. The quantitative estimate of drug-likeness (QED) is 0.865. The first-order chi connectivity index (χ1) is 10.1.